The fourth-order valence-corrected chi connectivity index (χ4v) is 2.58. The molecule has 108 valence electrons. The molecule has 6 heteroatoms. The minimum Gasteiger partial charge on any atom is -0.497 e. The predicted octanol–water partition coefficient (Wildman–Crippen LogP) is 2.64. The van der Waals surface area contributed by atoms with Gasteiger partial charge in [0.05, 0.1) is 31.3 Å². The highest BCUT2D eigenvalue weighted by Gasteiger charge is 2.17. The zero-order valence-electron chi connectivity index (χ0n) is 11.9. The van der Waals surface area contributed by atoms with Gasteiger partial charge in [0, 0.05) is 6.07 Å². The number of hydrogen-bond acceptors (Lipinski definition) is 6. The third-order valence-corrected chi connectivity index (χ3v) is 3.70. The van der Waals surface area contributed by atoms with Crippen molar-refractivity contribution in [1.82, 2.24) is 14.9 Å². The van der Waals surface area contributed by atoms with E-state index in [0.29, 0.717) is 0 Å². The monoisotopic (exact) mass is 293 g/mol. The topological polar surface area (TPSA) is 56.3 Å². The number of hydrogen-bond donors (Lipinski definition) is 1. The van der Waals surface area contributed by atoms with E-state index < -0.39 is 0 Å². The highest BCUT2D eigenvalue weighted by atomic mass is 32.1. The fourth-order valence-electron chi connectivity index (χ4n) is 1.97. The quantitative estimate of drug-likeness (QED) is 0.850. The second kappa shape index (κ2) is 7.21. The highest BCUT2D eigenvalue weighted by Crippen LogP contribution is 2.30. The standard InChI is InChI=1S/C14H19N3O2S/c1-4-5-15-14(13-9-16-17-20-13)10-6-11(18-2)8-12(7-10)19-3/h6-9,14-15H,4-5H2,1-3H3. The van der Waals surface area contributed by atoms with Gasteiger partial charge in [-0.3, -0.25) is 0 Å². The maximum absolute atomic E-state index is 5.33. The molecule has 1 heterocycles. The molecule has 0 aliphatic carbocycles. The molecule has 0 fully saturated rings. The van der Waals surface area contributed by atoms with E-state index in [0.717, 1.165) is 34.9 Å². The summed E-state index contributed by atoms with van der Waals surface area (Å²) < 4.78 is 14.6. The molecule has 1 aromatic carbocycles. The maximum atomic E-state index is 5.33. The van der Waals surface area contributed by atoms with E-state index in [2.05, 4.69) is 21.8 Å². The minimum atomic E-state index is 0.0546. The summed E-state index contributed by atoms with van der Waals surface area (Å²) >= 11 is 1.40. The highest BCUT2D eigenvalue weighted by molar-refractivity contribution is 7.05. The number of ether oxygens (including phenoxy) is 2. The van der Waals surface area contributed by atoms with Gasteiger partial charge in [-0.1, -0.05) is 11.4 Å². The van der Waals surface area contributed by atoms with Gasteiger partial charge in [0.1, 0.15) is 11.5 Å². The number of aromatic nitrogens is 2. The van der Waals surface area contributed by atoms with Crippen LogP contribution in [0.3, 0.4) is 0 Å². The van der Waals surface area contributed by atoms with Crippen LogP contribution in [0.5, 0.6) is 11.5 Å². The molecule has 0 saturated heterocycles. The van der Waals surface area contributed by atoms with Crippen molar-refractivity contribution >= 4 is 11.5 Å². The Balaban J connectivity index is 2.37. The summed E-state index contributed by atoms with van der Waals surface area (Å²) in [6, 6.07) is 5.94. The van der Waals surface area contributed by atoms with Gasteiger partial charge >= 0.3 is 0 Å². The van der Waals surface area contributed by atoms with Crippen LogP contribution in [0.15, 0.2) is 24.4 Å². The number of nitrogens with zero attached hydrogens (tertiary/aromatic N) is 2. The van der Waals surface area contributed by atoms with Crippen molar-refractivity contribution in [3.8, 4) is 11.5 Å². The van der Waals surface area contributed by atoms with Crippen molar-refractivity contribution in [3.05, 3.63) is 34.8 Å². The SMILES string of the molecule is CCCNC(c1cc(OC)cc(OC)c1)c1cnns1. The number of methoxy groups -OCH3 is 2. The molecule has 2 aromatic rings. The van der Waals surface area contributed by atoms with E-state index >= 15 is 0 Å². The van der Waals surface area contributed by atoms with Crippen molar-refractivity contribution in [2.45, 2.75) is 19.4 Å². The number of nitrogens with one attached hydrogen (secondary N) is 1. The molecule has 0 aliphatic heterocycles. The fraction of sp³-hybridized carbons (Fsp3) is 0.429. The molecule has 0 spiro atoms. The van der Waals surface area contributed by atoms with Crippen LogP contribution in [0, 0.1) is 0 Å². The van der Waals surface area contributed by atoms with Gasteiger partial charge in [-0.15, -0.1) is 5.10 Å². The molecular weight excluding hydrogens is 274 g/mol. The van der Waals surface area contributed by atoms with E-state index in [1.807, 2.05) is 18.2 Å². The van der Waals surface area contributed by atoms with Crippen molar-refractivity contribution < 1.29 is 9.47 Å². The van der Waals surface area contributed by atoms with Crippen molar-refractivity contribution in [2.24, 2.45) is 0 Å². The number of benzene rings is 1. The Labute approximate surface area is 123 Å². The molecule has 0 saturated carbocycles. The first kappa shape index (κ1) is 14.7. The molecule has 0 radical (unpaired) electrons. The van der Waals surface area contributed by atoms with Crippen molar-refractivity contribution in [3.63, 3.8) is 0 Å². The van der Waals surface area contributed by atoms with Crippen LogP contribution in [-0.4, -0.2) is 30.4 Å². The van der Waals surface area contributed by atoms with E-state index in [4.69, 9.17) is 9.47 Å². The Hall–Kier alpha value is -1.66. The first-order valence-corrected chi connectivity index (χ1v) is 7.29. The lowest BCUT2D eigenvalue weighted by molar-refractivity contribution is 0.392. The average Bonchev–Trinajstić information content (AvgIpc) is 3.01. The maximum Gasteiger partial charge on any atom is 0.122 e. The van der Waals surface area contributed by atoms with E-state index in [1.54, 1.807) is 20.4 Å². The van der Waals surface area contributed by atoms with Crippen LogP contribution < -0.4 is 14.8 Å². The Morgan fingerprint density at radius 3 is 2.40 bits per heavy atom. The summed E-state index contributed by atoms with van der Waals surface area (Å²) in [5, 5.41) is 7.44. The molecule has 1 atom stereocenters. The van der Waals surface area contributed by atoms with Gasteiger partial charge in [-0.2, -0.15) is 0 Å². The van der Waals surface area contributed by atoms with E-state index in [1.165, 1.54) is 11.5 Å². The zero-order valence-corrected chi connectivity index (χ0v) is 12.7. The molecular formula is C14H19N3O2S. The molecule has 2 rings (SSSR count). The van der Waals surface area contributed by atoms with Crippen LogP contribution >= 0.6 is 11.5 Å². The van der Waals surface area contributed by atoms with Crippen molar-refractivity contribution in [1.29, 1.82) is 0 Å². The summed E-state index contributed by atoms with van der Waals surface area (Å²) in [5.41, 5.74) is 1.08. The third-order valence-electron chi connectivity index (χ3n) is 2.97. The second-order valence-electron chi connectivity index (χ2n) is 4.35. The molecule has 0 amide bonds. The molecule has 1 aromatic heterocycles. The Morgan fingerprint density at radius 2 is 1.90 bits per heavy atom. The smallest absolute Gasteiger partial charge is 0.122 e. The Bertz CT molecular complexity index is 509. The van der Waals surface area contributed by atoms with E-state index in [-0.39, 0.29) is 6.04 Å². The molecule has 1 unspecified atom stereocenters. The molecule has 20 heavy (non-hydrogen) atoms. The number of rotatable bonds is 7. The van der Waals surface area contributed by atoms with Gasteiger partial charge in [0.2, 0.25) is 0 Å². The predicted molar refractivity (Wildman–Crippen MR) is 79.6 cm³/mol. The lowest BCUT2D eigenvalue weighted by atomic mass is 10.0. The minimum absolute atomic E-state index is 0.0546. The summed E-state index contributed by atoms with van der Waals surface area (Å²) in [7, 11) is 3.31. The average molecular weight is 293 g/mol. The lowest BCUT2D eigenvalue weighted by Crippen LogP contribution is -2.22. The Kier molecular flexibility index (Phi) is 5.31. The normalized spacial score (nSPS) is 12.2. The first-order valence-electron chi connectivity index (χ1n) is 6.52. The summed E-state index contributed by atoms with van der Waals surface area (Å²) in [6.45, 7) is 3.06. The van der Waals surface area contributed by atoms with E-state index in [9.17, 15) is 0 Å². The Morgan fingerprint density at radius 1 is 1.20 bits per heavy atom. The zero-order chi connectivity index (χ0) is 14.4. The molecule has 0 bridgehead atoms. The molecule has 5 nitrogen and oxygen atoms in total. The lowest BCUT2D eigenvalue weighted by Gasteiger charge is -2.18. The summed E-state index contributed by atoms with van der Waals surface area (Å²) in [6.07, 6.45) is 2.85. The van der Waals surface area contributed by atoms with Gasteiger partial charge in [-0.25, -0.2) is 0 Å². The van der Waals surface area contributed by atoms with Crippen LogP contribution in [0.4, 0.5) is 0 Å². The molecule has 1 N–H and O–H groups in total. The third kappa shape index (κ3) is 3.46. The second-order valence-corrected chi connectivity index (χ2v) is 5.17. The van der Waals surface area contributed by atoms with Gasteiger partial charge < -0.3 is 14.8 Å². The molecule has 0 aliphatic rings. The van der Waals surface area contributed by atoms with Crippen LogP contribution in [-0.2, 0) is 0 Å². The van der Waals surface area contributed by atoms with Gasteiger partial charge in [0.15, 0.2) is 0 Å². The van der Waals surface area contributed by atoms with Gasteiger partial charge in [-0.05, 0) is 42.2 Å². The van der Waals surface area contributed by atoms with Crippen LogP contribution in [0.25, 0.3) is 0 Å². The van der Waals surface area contributed by atoms with Crippen molar-refractivity contribution in [2.75, 3.05) is 20.8 Å². The largest absolute Gasteiger partial charge is 0.497 e. The van der Waals surface area contributed by atoms with Gasteiger partial charge in [0.25, 0.3) is 0 Å². The summed E-state index contributed by atoms with van der Waals surface area (Å²) in [4.78, 5) is 1.08. The summed E-state index contributed by atoms with van der Waals surface area (Å²) in [5.74, 6) is 1.56. The van der Waals surface area contributed by atoms with Crippen LogP contribution in [0.2, 0.25) is 0 Å². The first-order chi connectivity index (χ1) is 9.78. The van der Waals surface area contributed by atoms with Crippen LogP contribution in [0.1, 0.15) is 29.8 Å².